The first kappa shape index (κ1) is 9.69. The third kappa shape index (κ3) is 2.14. The van der Waals surface area contributed by atoms with E-state index in [1.54, 1.807) is 0 Å². The molecule has 0 unspecified atom stereocenters. The van der Waals surface area contributed by atoms with E-state index < -0.39 is 0 Å². The van der Waals surface area contributed by atoms with E-state index in [1.165, 1.54) is 11.1 Å². The summed E-state index contributed by atoms with van der Waals surface area (Å²) in [5, 5.41) is 0. The molecule has 0 radical (unpaired) electrons. The standard InChI is InChI=1S/C12H16O2/c1-9-6-10(2)8-11(7-9)12-13-4-3-5-14-12/h6-8,12H,3-5H2,1-2H3. The second kappa shape index (κ2) is 4.11. The number of ether oxygens (including phenoxy) is 2. The highest BCUT2D eigenvalue weighted by atomic mass is 16.7. The van der Waals surface area contributed by atoms with Gasteiger partial charge in [0.15, 0.2) is 6.29 Å². The van der Waals surface area contributed by atoms with Crippen molar-refractivity contribution in [2.75, 3.05) is 13.2 Å². The fourth-order valence-corrected chi connectivity index (χ4v) is 1.83. The summed E-state index contributed by atoms with van der Waals surface area (Å²) in [7, 11) is 0. The molecule has 1 aromatic rings. The molecule has 1 aromatic carbocycles. The summed E-state index contributed by atoms with van der Waals surface area (Å²) >= 11 is 0. The van der Waals surface area contributed by atoms with E-state index in [0.717, 1.165) is 25.2 Å². The number of hydrogen-bond acceptors (Lipinski definition) is 2. The predicted molar refractivity (Wildman–Crippen MR) is 55.2 cm³/mol. The van der Waals surface area contributed by atoms with Gasteiger partial charge in [-0.25, -0.2) is 0 Å². The zero-order chi connectivity index (χ0) is 9.97. The van der Waals surface area contributed by atoms with E-state index in [-0.39, 0.29) is 6.29 Å². The summed E-state index contributed by atoms with van der Waals surface area (Å²) in [6.07, 6.45) is 0.851. The summed E-state index contributed by atoms with van der Waals surface area (Å²) in [5.74, 6) is 0. The van der Waals surface area contributed by atoms with Crippen molar-refractivity contribution in [1.82, 2.24) is 0 Å². The van der Waals surface area contributed by atoms with Gasteiger partial charge in [-0.2, -0.15) is 0 Å². The van der Waals surface area contributed by atoms with Crippen molar-refractivity contribution in [3.05, 3.63) is 34.9 Å². The van der Waals surface area contributed by atoms with Gasteiger partial charge >= 0.3 is 0 Å². The Morgan fingerprint density at radius 3 is 2.14 bits per heavy atom. The van der Waals surface area contributed by atoms with Crippen LogP contribution in [0.25, 0.3) is 0 Å². The molecule has 0 N–H and O–H groups in total. The molecule has 0 atom stereocenters. The first-order chi connectivity index (χ1) is 6.75. The first-order valence-electron chi connectivity index (χ1n) is 5.07. The smallest absolute Gasteiger partial charge is 0.183 e. The van der Waals surface area contributed by atoms with Crippen LogP contribution >= 0.6 is 0 Å². The SMILES string of the molecule is Cc1cc(C)cc(C2OCCCO2)c1. The quantitative estimate of drug-likeness (QED) is 0.681. The van der Waals surface area contributed by atoms with Gasteiger partial charge < -0.3 is 9.47 Å². The molecule has 0 aliphatic carbocycles. The molecule has 2 rings (SSSR count). The molecule has 0 aromatic heterocycles. The predicted octanol–water partition coefficient (Wildman–Crippen LogP) is 2.74. The maximum absolute atomic E-state index is 5.55. The van der Waals surface area contributed by atoms with Crippen molar-refractivity contribution in [3.63, 3.8) is 0 Å². The molecule has 0 spiro atoms. The number of rotatable bonds is 1. The van der Waals surface area contributed by atoms with Gasteiger partial charge in [0.1, 0.15) is 0 Å². The summed E-state index contributed by atoms with van der Waals surface area (Å²) in [6, 6.07) is 6.41. The molecule has 1 aliphatic rings. The zero-order valence-electron chi connectivity index (χ0n) is 8.75. The van der Waals surface area contributed by atoms with Crippen LogP contribution in [0.5, 0.6) is 0 Å². The molecule has 2 nitrogen and oxygen atoms in total. The molecule has 1 fully saturated rings. The van der Waals surface area contributed by atoms with Gasteiger partial charge in [0.05, 0.1) is 13.2 Å². The van der Waals surface area contributed by atoms with Crippen LogP contribution in [0, 0.1) is 13.8 Å². The minimum absolute atomic E-state index is 0.151. The number of benzene rings is 1. The second-order valence-electron chi connectivity index (χ2n) is 3.85. The lowest BCUT2D eigenvalue weighted by Gasteiger charge is -2.24. The van der Waals surface area contributed by atoms with Crippen molar-refractivity contribution >= 4 is 0 Å². The van der Waals surface area contributed by atoms with Crippen LogP contribution in [-0.4, -0.2) is 13.2 Å². The van der Waals surface area contributed by atoms with Crippen LogP contribution in [-0.2, 0) is 9.47 Å². The highest BCUT2D eigenvalue weighted by Crippen LogP contribution is 2.24. The zero-order valence-corrected chi connectivity index (χ0v) is 8.75. The summed E-state index contributed by atoms with van der Waals surface area (Å²) in [4.78, 5) is 0. The van der Waals surface area contributed by atoms with Gasteiger partial charge in [0.2, 0.25) is 0 Å². The first-order valence-corrected chi connectivity index (χ1v) is 5.07. The lowest BCUT2D eigenvalue weighted by atomic mass is 10.1. The number of hydrogen-bond donors (Lipinski definition) is 0. The van der Waals surface area contributed by atoms with Crippen LogP contribution in [0.4, 0.5) is 0 Å². The normalized spacial score (nSPS) is 18.4. The van der Waals surface area contributed by atoms with E-state index in [9.17, 15) is 0 Å². The van der Waals surface area contributed by atoms with Gasteiger partial charge in [-0.3, -0.25) is 0 Å². The van der Waals surface area contributed by atoms with Gasteiger partial charge in [-0.1, -0.05) is 29.3 Å². The Morgan fingerprint density at radius 1 is 1.00 bits per heavy atom. The Labute approximate surface area is 84.8 Å². The van der Waals surface area contributed by atoms with E-state index in [4.69, 9.17) is 9.47 Å². The molecule has 76 valence electrons. The molecule has 0 saturated carbocycles. The third-order valence-corrected chi connectivity index (χ3v) is 2.34. The Kier molecular flexibility index (Phi) is 2.85. The number of aryl methyl sites for hydroxylation is 2. The average molecular weight is 192 g/mol. The molecule has 1 heterocycles. The lowest BCUT2D eigenvalue weighted by molar-refractivity contribution is -0.183. The Balaban J connectivity index is 2.21. The Bertz CT molecular complexity index is 294. The fourth-order valence-electron chi connectivity index (χ4n) is 1.83. The van der Waals surface area contributed by atoms with Gasteiger partial charge in [0, 0.05) is 5.56 Å². The summed E-state index contributed by atoms with van der Waals surface area (Å²) in [5.41, 5.74) is 3.66. The van der Waals surface area contributed by atoms with Crippen molar-refractivity contribution < 1.29 is 9.47 Å². The van der Waals surface area contributed by atoms with Crippen molar-refractivity contribution in [3.8, 4) is 0 Å². The van der Waals surface area contributed by atoms with Crippen molar-refractivity contribution in [2.24, 2.45) is 0 Å². The molecule has 14 heavy (non-hydrogen) atoms. The van der Waals surface area contributed by atoms with Crippen LogP contribution in [0.3, 0.4) is 0 Å². The van der Waals surface area contributed by atoms with E-state index in [1.807, 2.05) is 0 Å². The molecule has 0 bridgehead atoms. The Hall–Kier alpha value is -0.860. The molecule has 1 aliphatic heterocycles. The third-order valence-electron chi connectivity index (χ3n) is 2.34. The Morgan fingerprint density at radius 2 is 1.57 bits per heavy atom. The van der Waals surface area contributed by atoms with Gasteiger partial charge in [-0.05, 0) is 20.3 Å². The van der Waals surface area contributed by atoms with Crippen molar-refractivity contribution in [1.29, 1.82) is 0 Å². The minimum Gasteiger partial charge on any atom is -0.348 e. The minimum atomic E-state index is -0.151. The monoisotopic (exact) mass is 192 g/mol. The molecule has 2 heteroatoms. The van der Waals surface area contributed by atoms with Crippen LogP contribution < -0.4 is 0 Å². The molecule has 1 saturated heterocycles. The van der Waals surface area contributed by atoms with E-state index in [2.05, 4.69) is 32.0 Å². The van der Waals surface area contributed by atoms with Crippen LogP contribution in [0.1, 0.15) is 29.4 Å². The van der Waals surface area contributed by atoms with E-state index >= 15 is 0 Å². The highest BCUT2D eigenvalue weighted by Gasteiger charge is 2.16. The van der Waals surface area contributed by atoms with Gasteiger partial charge in [0.25, 0.3) is 0 Å². The largest absolute Gasteiger partial charge is 0.348 e. The van der Waals surface area contributed by atoms with Crippen LogP contribution in [0.2, 0.25) is 0 Å². The van der Waals surface area contributed by atoms with E-state index in [0.29, 0.717) is 0 Å². The fraction of sp³-hybridized carbons (Fsp3) is 0.500. The van der Waals surface area contributed by atoms with Crippen LogP contribution in [0.15, 0.2) is 18.2 Å². The average Bonchev–Trinajstić information content (AvgIpc) is 2.18. The maximum Gasteiger partial charge on any atom is 0.183 e. The molecular formula is C12H16O2. The second-order valence-corrected chi connectivity index (χ2v) is 3.85. The topological polar surface area (TPSA) is 18.5 Å². The maximum atomic E-state index is 5.55. The lowest BCUT2D eigenvalue weighted by Crippen LogP contribution is -2.17. The summed E-state index contributed by atoms with van der Waals surface area (Å²) < 4.78 is 11.1. The molecular weight excluding hydrogens is 176 g/mol. The van der Waals surface area contributed by atoms with Crippen molar-refractivity contribution in [2.45, 2.75) is 26.6 Å². The molecule has 0 amide bonds. The van der Waals surface area contributed by atoms with Gasteiger partial charge in [-0.15, -0.1) is 0 Å². The summed E-state index contributed by atoms with van der Waals surface area (Å²) in [6.45, 7) is 5.80. The highest BCUT2D eigenvalue weighted by molar-refractivity contribution is 5.29.